The number of hydrogen-bond donors (Lipinski definition) is 0. The normalized spacial score (nSPS) is 13.7. The van der Waals surface area contributed by atoms with E-state index in [1.807, 2.05) is 6.92 Å². The minimum atomic E-state index is -0.854. The molecule has 0 aromatic rings. The van der Waals surface area contributed by atoms with Crippen LogP contribution in [0.4, 0.5) is 0 Å². The molecule has 0 N–H and O–H groups in total. The molecule has 0 saturated carbocycles. The third-order valence-electron chi connectivity index (χ3n) is 3.81. The Bertz CT molecular complexity index is 190. The van der Waals surface area contributed by atoms with E-state index in [4.69, 9.17) is 14.2 Å². The zero-order chi connectivity index (χ0) is 14.6. The molecule has 0 spiro atoms. The summed E-state index contributed by atoms with van der Waals surface area (Å²) in [6.45, 7) is 7.01. The molecule has 1 unspecified atom stereocenters. The van der Waals surface area contributed by atoms with E-state index in [9.17, 15) is 0 Å². The first-order valence-electron chi connectivity index (χ1n) is 7.94. The fraction of sp³-hybridized carbons (Fsp3) is 1.00. The number of methoxy groups -OCH3 is 2. The summed E-state index contributed by atoms with van der Waals surface area (Å²) in [4.78, 5) is 0. The van der Waals surface area contributed by atoms with E-state index < -0.39 is 5.97 Å². The molecule has 0 aromatic carbocycles. The molecular weight excluding hydrogens is 240 g/mol. The number of ether oxygens (including phenoxy) is 3. The van der Waals surface area contributed by atoms with Crippen molar-refractivity contribution in [3.63, 3.8) is 0 Å². The summed E-state index contributed by atoms with van der Waals surface area (Å²) in [5.41, 5.74) is 0. The van der Waals surface area contributed by atoms with Crippen molar-refractivity contribution in [1.82, 2.24) is 0 Å². The van der Waals surface area contributed by atoms with Gasteiger partial charge in [0.15, 0.2) is 0 Å². The Morgan fingerprint density at radius 2 is 1.42 bits per heavy atom. The van der Waals surface area contributed by atoms with Crippen molar-refractivity contribution >= 4 is 0 Å². The van der Waals surface area contributed by atoms with Crippen LogP contribution in [0.3, 0.4) is 0 Å². The van der Waals surface area contributed by atoms with Gasteiger partial charge < -0.3 is 14.2 Å². The van der Waals surface area contributed by atoms with Crippen LogP contribution >= 0.6 is 0 Å². The topological polar surface area (TPSA) is 27.7 Å². The lowest BCUT2D eigenvalue weighted by atomic mass is 9.95. The first-order chi connectivity index (χ1) is 9.20. The third kappa shape index (κ3) is 6.73. The van der Waals surface area contributed by atoms with Gasteiger partial charge in [-0.05, 0) is 19.8 Å². The second kappa shape index (κ2) is 11.7. The fourth-order valence-corrected chi connectivity index (χ4v) is 2.66. The van der Waals surface area contributed by atoms with E-state index in [0.717, 1.165) is 12.8 Å². The van der Waals surface area contributed by atoms with Crippen LogP contribution in [-0.2, 0) is 14.2 Å². The zero-order valence-electron chi connectivity index (χ0n) is 13.7. The molecule has 0 aliphatic heterocycles. The van der Waals surface area contributed by atoms with Crippen LogP contribution in [0.1, 0.15) is 72.1 Å². The molecule has 0 saturated heterocycles. The van der Waals surface area contributed by atoms with Crippen molar-refractivity contribution in [2.24, 2.45) is 5.92 Å². The van der Waals surface area contributed by atoms with Crippen LogP contribution in [0.5, 0.6) is 0 Å². The highest BCUT2D eigenvalue weighted by Gasteiger charge is 2.39. The van der Waals surface area contributed by atoms with Gasteiger partial charge in [-0.3, -0.25) is 0 Å². The monoisotopic (exact) mass is 274 g/mol. The standard InChI is InChI=1S/C16H34O3/c1-6-9-10-11-12-13-14-15(7-2)16(17-4,18-5)19-8-3/h15H,6-14H2,1-5H3. The largest absolute Gasteiger partial charge is 0.331 e. The second-order valence-corrected chi connectivity index (χ2v) is 5.11. The molecule has 0 fully saturated rings. The molecule has 3 heteroatoms. The maximum atomic E-state index is 5.73. The van der Waals surface area contributed by atoms with E-state index in [-0.39, 0.29) is 0 Å². The Morgan fingerprint density at radius 1 is 0.842 bits per heavy atom. The Hall–Kier alpha value is -0.120. The van der Waals surface area contributed by atoms with Crippen molar-refractivity contribution in [3.05, 3.63) is 0 Å². The van der Waals surface area contributed by atoms with Gasteiger partial charge in [-0.15, -0.1) is 0 Å². The first-order valence-corrected chi connectivity index (χ1v) is 7.94. The smallest absolute Gasteiger partial charge is 0.285 e. The lowest BCUT2D eigenvalue weighted by Gasteiger charge is -2.37. The molecule has 0 heterocycles. The summed E-state index contributed by atoms with van der Waals surface area (Å²) in [6.07, 6.45) is 10.00. The van der Waals surface area contributed by atoms with Gasteiger partial charge in [0.2, 0.25) is 0 Å². The van der Waals surface area contributed by atoms with Gasteiger partial charge in [-0.2, -0.15) is 0 Å². The van der Waals surface area contributed by atoms with Crippen LogP contribution in [-0.4, -0.2) is 26.8 Å². The molecule has 0 bridgehead atoms. The SMILES string of the molecule is CCCCCCCCC(CC)C(OC)(OC)OCC. The molecule has 0 aliphatic carbocycles. The summed E-state index contributed by atoms with van der Waals surface area (Å²) >= 11 is 0. The number of rotatable bonds is 13. The van der Waals surface area contributed by atoms with Crippen LogP contribution in [0.15, 0.2) is 0 Å². The summed E-state index contributed by atoms with van der Waals surface area (Å²) in [5.74, 6) is -0.555. The Kier molecular flexibility index (Phi) is 11.6. The van der Waals surface area contributed by atoms with E-state index in [2.05, 4.69) is 13.8 Å². The molecule has 3 nitrogen and oxygen atoms in total. The summed E-state index contributed by atoms with van der Waals surface area (Å²) in [5, 5.41) is 0. The molecule has 0 rings (SSSR count). The zero-order valence-corrected chi connectivity index (χ0v) is 13.7. The fourth-order valence-electron chi connectivity index (χ4n) is 2.66. The van der Waals surface area contributed by atoms with Crippen LogP contribution in [0.2, 0.25) is 0 Å². The highest BCUT2D eigenvalue weighted by molar-refractivity contribution is 4.70. The minimum Gasteiger partial charge on any atom is -0.331 e. The third-order valence-corrected chi connectivity index (χ3v) is 3.81. The Labute approximate surface area is 120 Å². The van der Waals surface area contributed by atoms with Gasteiger partial charge >= 0.3 is 0 Å². The predicted molar refractivity (Wildman–Crippen MR) is 80.1 cm³/mol. The maximum Gasteiger partial charge on any atom is 0.285 e. The van der Waals surface area contributed by atoms with Crippen molar-refractivity contribution in [2.75, 3.05) is 20.8 Å². The van der Waals surface area contributed by atoms with Gasteiger partial charge in [-0.1, -0.05) is 52.4 Å². The summed E-state index contributed by atoms with van der Waals surface area (Å²) in [7, 11) is 3.34. The van der Waals surface area contributed by atoms with Crippen molar-refractivity contribution in [2.45, 2.75) is 78.1 Å². The highest BCUT2D eigenvalue weighted by Crippen LogP contribution is 2.31. The first kappa shape index (κ1) is 18.9. The molecular formula is C16H34O3. The predicted octanol–water partition coefficient (Wildman–Crippen LogP) is 4.75. The molecule has 0 radical (unpaired) electrons. The van der Waals surface area contributed by atoms with Crippen LogP contribution in [0, 0.1) is 5.92 Å². The highest BCUT2D eigenvalue weighted by atomic mass is 16.9. The summed E-state index contributed by atoms with van der Waals surface area (Å²) in [6, 6.07) is 0. The lowest BCUT2D eigenvalue weighted by Crippen LogP contribution is -2.44. The van der Waals surface area contributed by atoms with Crippen molar-refractivity contribution < 1.29 is 14.2 Å². The van der Waals surface area contributed by atoms with Gasteiger partial charge in [0.1, 0.15) is 0 Å². The molecule has 1 atom stereocenters. The van der Waals surface area contributed by atoms with Gasteiger partial charge in [0, 0.05) is 26.7 Å². The van der Waals surface area contributed by atoms with E-state index in [1.165, 1.54) is 38.5 Å². The van der Waals surface area contributed by atoms with Crippen LogP contribution in [0.25, 0.3) is 0 Å². The Morgan fingerprint density at radius 3 is 1.89 bits per heavy atom. The summed E-state index contributed by atoms with van der Waals surface area (Å²) < 4.78 is 16.8. The lowest BCUT2D eigenvalue weighted by molar-refractivity contribution is -0.387. The molecule has 0 aromatic heterocycles. The van der Waals surface area contributed by atoms with E-state index >= 15 is 0 Å². The van der Waals surface area contributed by atoms with Gasteiger partial charge in [-0.25, -0.2) is 0 Å². The number of unbranched alkanes of at least 4 members (excludes halogenated alkanes) is 5. The van der Waals surface area contributed by atoms with Crippen molar-refractivity contribution in [3.8, 4) is 0 Å². The van der Waals surface area contributed by atoms with Gasteiger partial charge in [0.05, 0.1) is 0 Å². The molecule has 0 amide bonds. The van der Waals surface area contributed by atoms with Crippen molar-refractivity contribution in [1.29, 1.82) is 0 Å². The van der Waals surface area contributed by atoms with E-state index in [0.29, 0.717) is 12.5 Å². The molecule has 116 valence electrons. The maximum absolute atomic E-state index is 5.73. The molecule has 19 heavy (non-hydrogen) atoms. The molecule has 0 aliphatic rings. The minimum absolute atomic E-state index is 0.300. The quantitative estimate of drug-likeness (QED) is 0.358. The number of hydrogen-bond acceptors (Lipinski definition) is 3. The average Bonchev–Trinajstić information content (AvgIpc) is 2.45. The Balaban J connectivity index is 4.14. The average molecular weight is 274 g/mol. The van der Waals surface area contributed by atoms with E-state index in [1.54, 1.807) is 14.2 Å². The van der Waals surface area contributed by atoms with Gasteiger partial charge in [0.25, 0.3) is 5.97 Å². The van der Waals surface area contributed by atoms with Crippen LogP contribution < -0.4 is 0 Å². The second-order valence-electron chi connectivity index (χ2n) is 5.11.